The van der Waals surface area contributed by atoms with Gasteiger partial charge in [0.2, 0.25) is 0 Å². The van der Waals surface area contributed by atoms with Crippen molar-refractivity contribution in [3.05, 3.63) is 10.1 Å². The van der Waals surface area contributed by atoms with Crippen molar-refractivity contribution in [2.45, 2.75) is 46.6 Å². The van der Waals surface area contributed by atoms with Crippen molar-refractivity contribution in [1.82, 2.24) is 0 Å². The summed E-state index contributed by atoms with van der Waals surface area (Å²) in [5.41, 5.74) is 0.204. The fraction of sp³-hybridized carbons (Fsp3) is 1.00. The van der Waals surface area contributed by atoms with Gasteiger partial charge in [-0.05, 0) is 41.9 Å². The molecular formula is C12H21NO3. The lowest BCUT2D eigenvalue weighted by atomic mass is 9.76. The third-order valence-corrected chi connectivity index (χ3v) is 4.92. The first-order valence-electron chi connectivity index (χ1n) is 6.17. The molecule has 0 radical (unpaired) electrons. The lowest BCUT2D eigenvalue weighted by Crippen LogP contribution is -2.35. The van der Waals surface area contributed by atoms with Crippen LogP contribution in [0.3, 0.4) is 0 Å². The van der Waals surface area contributed by atoms with Gasteiger partial charge in [0.25, 0.3) is 5.09 Å². The Bertz CT molecular complexity index is 301. The van der Waals surface area contributed by atoms with Crippen molar-refractivity contribution >= 4 is 0 Å². The van der Waals surface area contributed by atoms with Crippen LogP contribution in [-0.4, -0.2) is 11.2 Å². The molecule has 0 saturated heterocycles. The summed E-state index contributed by atoms with van der Waals surface area (Å²) in [5.74, 6) is 1.75. The molecule has 0 amide bonds. The molecule has 2 bridgehead atoms. The molecule has 1 unspecified atom stereocenters. The summed E-state index contributed by atoms with van der Waals surface area (Å²) in [6, 6.07) is 0. The highest BCUT2D eigenvalue weighted by Gasteiger charge is 2.60. The van der Waals surface area contributed by atoms with Gasteiger partial charge >= 0.3 is 0 Å². The Morgan fingerprint density at radius 3 is 2.38 bits per heavy atom. The third kappa shape index (κ3) is 1.50. The highest BCUT2D eigenvalue weighted by molar-refractivity contribution is 5.08. The van der Waals surface area contributed by atoms with Crippen LogP contribution in [0.25, 0.3) is 0 Å². The smallest absolute Gasteiger partial charge is 0.294 e. The molecule has 0 N–H and O–H groups in total. The summed E-state index contributed by atoms with van der Waals surface area (Å²) in [6.45, 7) is 8.79. The van der Waals surface area contributed by atoms with Gasteiger partial charge in [0.15, 0.2) is 0 Å². The van der Waals surface area contributed by atoms with E-state index in [1.807, 2.05) is 0 Å². The molecule has 4 nitrogen and oxygen atoms in total. The van der Waals surface area contributed by atoms with Crippen molar-refractivity contribution in [3.8, 4) is 0 Å². The zero-order chi connectivity index (χ0) is 12.1. The predicted molar refractivity (Wildman–Crippen MR) is 60.2 cm³/mol. The van der Waals surface area contributed by atoms with Gasteiger partial charge in [0.1, 0.15) is 6.10 Å². The van der Waals surface area contributed by atoms with Crippen LogP contribution in [0, 0.1) is 39.2 Å². The van der Waals surface area contributed by atoms with Crippen LogP contribution < -0.4 is 0 Å². The highest BCUT2D eigenvalue weighted by atomic mass is 17.0. The zero-order valence-corrected chi connectivity index (χ0v) is 10.5. The molecule has 0 aromatic rings. The molecule has 0 heterocycles. The van der Waals surface area contributed by atoms with Gasteiger partial charge in [-0.15, -0.1) is 10.1 Å². The van der Waals surface area contributed by atoms with Crippen LogP contribution in [0.4, 0.5) is 0 Å². The second-order valence-electron chi connectivity index (χ2n) is 6.23. The van der Waals surface area contributed by atoms with Gasteiger partial charge in [0.05, 0.1) is 0 Å². The van der Waals surface area contributed by atoms with E-state index in [-0.39, 0.29) is 11.5 Å². The Kier molecular flexibility index (Phi) is 2.63. The first-order chi connectivity index (χ1) is 7.35. The molecule has 2 rings (SSSR count). The summed E-state index contributed by atoms with van der Waals surface area (Å²) >= 11 is 0. The summed E-state index contributed by atoms with van der Waals surface area (Å²) < 4.78 is 0. The first-order valence-corrected chi connectivity index (χ1v) is 6.17. The minimum atomic E-state index is -0.600. The van der Waals surface area contributed by atoms with E-state index in [1.54, 1.807) is 0 Å². The third-order valence-electron chi connectivity index (χ3n) is 4.92. The molecule has 4 atom stereocenters. The van der Waals surface area contributed by atoms with Crippen molar-refractivity contribution in [1.29, 1.82) is 0 Å². The average molecular weight is 227 g/mol. The number of fused-ring (bicyclic) bond motifs is 2. The maximum atomic E-state index is 10.6. The lowest BCUT2D eigenvalue weighted by Gasteiger charge is -2.32. The normalized spacial score (nSPS) is 40.3. The molecule has 2 saturated carbocycles. The number of nitrogens with zero attached hydrogens (tertiary/aromatic N) is 1. The number of hydrogen-bond acceptors (Lipinski definition) is 3. The van der Waals surface area contributed by atoms with Crippen LogP contribution in [0.5, 0.6) is 0 Å². The molecule has 16 heavy (non-hydrogen) atoms. The largest absolute Gasteiger partial charge is 0.310 e. The summed E-state index contributed by atoms with van der Waals surface area (Å²) in [4.78, 5) is 15.6. The van der Waals surface area contributed by atoms with E-state index in [9.17, 15) is 10.1 Å². The molecule has 2 aliphatic carbocycles. The fourth-order valence-corrected chi connectivity index (χ4v) is 4.24. The summed E-state index contributed by atoms with van der Waals surface area (Å²) in [6.07, 6.45) is 2.11. The van der Waals surface area contributed by atoms with E-state index in [0.717, 1.165) is 6.42 Å². The minimum Gasteiger partial charge on any atom is -0.310 e. The lowest BCUT2D eigenvalue weighted by molar-refractivity contribution is -0.772. The monoisotopic (exact) mass is 227 g/mol. The fourth-order valence-electron chi connectivity index (χ4n) is 4.24. The maximum Gasteiger partial charge on any atom is 0.294 e. The van der Waals surface area contributed by atoms with Gasteiger partial charge in [0, 0.05) is 0 Å². The van der Waals surface area contributed by atoms with E-state index in [2.05, 4.69) is 27.7 Å². The molecular weight excluding hydrogens is 206 g/mol. The van der Waals surface area contributed by atoms with Crippen LogP contribution in [-0.2, 0) is 4.84 Å². The van der Waals surface area contributed by atoms with Crippen molar-refractivity contribution in [2.24, 2.45) is 29.1 Å². The predicted octanol–water partition coefficient (Wildman–Crippen LogP) is 2.90. The Labute approximate surface area is 96.5 Å². The number of hydrogen-bond donors (Lipinski definition) is 0. The van der Waals surface area contributed by atoms with Gasteiger partial charge in [-0.3, -0.25) is 0 Å². The van der Waals surface area contributed by atoms with Crippen molar-refractivity contribution in [3.63, 3.8) is 0 Å². The van der Waals surface area contributed by atoms with Crippen LogP contribution >= 0.6 is 0 Å². The van der Waals surface area contributed by atoms with Crippen LogP contribution in [0.15, 0.2) is 0 Å². The maximum absolute atomic E-state index is 10.6. The van der Waals surface area contributed by atoms with Crippen LogP contribution in [0.1, 0.15) is 40.5 Å². The van der Waals surface area contributed by atoms with Crippen LogP contribution in [0.2, 0.25) is 0 Å². The van der Waals surface area contributed by atoms with Gasteiger partial charge < -0.3 is 4.84 Å². The highest BCUT2D eigenvalue weighted by Crippen LogP contribution is 2.62. The molecule has 2 fully saturated rings. The van der Waals surface area contributed by atoms with E-state index in [0.29, 0.717) is 23.7 Å². The van der Waals surface area contributed by atoms with Crippen molar-refractivity contribution in [2.75, 3.05) is 0 Å². The number of rotatable bonds is 3. The van der Waals surface area contributed by atoms with E-state index in [1.165, 1.54) is 6.42 Å². The topological polar surface area (TPSA) is 52.4 Å². The zero-order valence-electron chi connectivity index (χ0n) is 10.5. The Hall–Kier alpha value is -0.800. The van der Waals surface area contributed by atoms with Crippen molar-refractivity contribution < 1.29 is 9.92 Å². The Morgan fingerprint density at radius 1 is 1.31 bits per heavy atom. The van der Waals surface area contributed by atoms with Gasteiger partial charge in [-0.2, -0.15) is 0 Å². The standard InChI is InChI=1S/C12H21NO3/c1-7(2)10-8-5-6-9(12(8,3)4)11(10)16-13(14)15/h7-11H,5-6H2,1-4H3/t8-,9+,10+,11?/m0/s1. The summed E-state index contributed by atoms with van der Waals surface area (Å²) in [7, 11) is 0. The Balaban J connectivity index is 2.26. The second-order valence-corrected chi connectivity index (χ2v) is 6.23. The summed E-state index contributed by atoms with van der Waals surface area (Å²) in [5, 5.41) is 9.99. The van der Waals surface area contributed by atoms with E-state index < -0.39 is 5.09 Å². The SMILES string of the molecule is CC(C)[C@H]1C(O[N+](=O)[O-])[C@H]2CC[C@@H]1C2(C)C. The first kappa shape index (κ1) is 11.7. The molecule has 0 spiro atoms. The molecule has 92 valence electrons. The quantitative estimate of drug-likeness (QED) is 0.550. The Morgan fingerprint density at radius 2 is 1.88 bits per heavy atom. The minimum absolute atomic E-state index is 0.177. The van der Waals surface area contributed by atoms with Gasteiger partial charge in [-0.1, -0.05) is 27.7 Å². The molecule has 0 aromatic heterocycles. The molecule has 0 aliphatic heterocycles. The molecule has 4 heteroatoms. The molecule has 2 aliphatic rings. The second kappa shape index (κ2) is 3.60. The average Bonchev–Trinajstić information content (AvgIpc) is 2.51. The van der Waals surface area contributed by atoms with E-state index >= 15 is 0 Å². The molecule has 0 aromatic carbocycles. The van der Waals surface area contributed by atoms with E-state index in [4.69, 9.17) is 4.84 Å². The van der Waals surface area contributed by atoms with Gasteiger partial charge in [-0.25, -0.2) is 0 Å².